The lowest BCUT2D eigenvalue weighted by molar-refractivity contribution is 0.612. The van der Waals surface area contributed by atoms with Crippen LogP contribution in [0, 0.1) is 5.82 Å². The lowest BCUT2D eigenvalue weighted by Crippen LogP contribution is -2.11. The summed E-state index contributed by atoms with van der Waals surface area (Å²) < 4.78 is 16.0. The van der Waals surface area contributed by atoms with Gasteiger partial charge in [0, 0.05) is 6.04 Å². The van der Waals surface area contributed by atoms with E-state index in [1.54, 1.807) is 17.0 Å². The van der Waals surface area contributed by atoms with E-state index in [1.807, 2.05) is 37.3 Å². The lowest BCUT2D eigenvalue weighted by atomic mass is 10.1. The van der Waals surface area contributed by atoms with E-state index < -0.39 is 0 Å². The Kier molecular flexibility index (Phi) is 2.80. The summed E-state index contributed by atoms with van der Waals surface area (Å²) in [6, 6.07) is 12.4. The molecule has 0 aliphatic rings. The molecular weight excluding hydrogens is 241 g/mol. The van der Waals surface area contributed by atoms with Crippen LogP contribution in [-0.2, 0) is 0 Å². The Bertz CT molecular complexity index is 731. The van der Waals surface area contributed by atoms with Gasteiger partial charge in [-0.2, -0.15) is 0 Å². The van der Waals surface area contributed by atoms with Crippen LogP contribution < -0.4 is 5.73 Å². The Morgan fingerprint density at radius 1 is 1.16 bits per heavy atom. The maximum atomic E-state index is 14.2. The molecule has 1 heterocycles. The number of fused-ring (bicyclic) bond motifs is 1. The van der Waals surface area contributed by atoms with Crippen molar-refractivity contribution in [1.82, 2.24) is 9.55 Å². The van der Waals surface area contributed by atoms with Crippen molar-refractivity contribution in [2.75, 3.05) is 0 Å². The molecule has 0 amide bonds. The number of imidazole rings is 1. The molecule has 96 valence electrons. The van der Waals surface area contributed by atoms with Gasteiger partial charge in [0.25, 0.3) is 0 Å². The number of benzene rings is 2. The van der Waals surface area contributed by atoms with Gasteiger partial charge >= 0.3 is 0 Å². The van der Waals surface area contributed by atoms with E-state index in [9.17, 15) is 4.39 Å². The molecule has 4 heteroatoms. The quantitative estimate of drug-likeness (QED) is 0.764. The normalized spacial score (nSPS) is 12.8. The molecule has 0 aliphatic carbocycles. The van der Waals surface area contributed by atoms with Gasteiger partial charge in [-0.25, -0.2) is 9.37 Å². The minimum Gasteiger partial charge on any atom is -0.324 e. The van der Waals surface area contributed by atoms with Crippen molar-refractivity contribution in [2.45, 2.75) is 13.0 Å². The molecule has 3 rings (SSSR count). The smallest absolute Gasteiger partial charge is 0.147 e. The fourth-order valence-corrected chi connectivity index (χ4v) is 2.29. The van der Waals surface area contributed by atoms with Gasteiger partial charge < -0.3 is 5.73 Å². The Morgan fingerprint density at radius 2 is 1.95 bits per heavy atom. The van der Waals surface area contributed by atoms with Crippen LogP contribution in [0.1, 0.15) is 18.5 Å². The first-order chi connectivity index (χ1) is 9.18. The van der Waals surface area contributed by atoms with Gasteiger partial charge in [0.1, 0.15) is 12.1 Å². The molecule has 3 nitrogen and oxygen atoms in total. The topological polar surface area (TPSA) is 43.8 Å². The number of hydrogen-bond acceptors (Lipinski definition) is 2. The monoisotopic (exact) mass is 255 g/mol. The summed E-state index contributed by atoms with van der Waals surface area (Å²) in [4.78, 5) is 4.29. The van der Waals surface area contributed by atoms with E-state index in [4.69, 9.17) is 5.73 Å². The van der Waals surface area contributed by atoms with Gasteiger partial charge in [-0.1, -0.05) is 24.3 Å². The Labute approximate surface area is 110 Å². The highest BCUT2D eigenvalue weighted by Gasteiger charge is 2.15. The minimum absolute atomic E-state index is 0.244. The minimum atomic E-state index is -0.294. The molecular formula is C15H14FN3. The van der Waals surface area contributed by atoms with Crippen LogP contribution in [0.15, 0.2) is 48.8 Å². The van der Waals surface area contributed by atoms with E-state index in [0.717, 1.165) is 16.6 Å². The fraction of sp³-hybridized carbons (Fsp3) is 0.133. The first kappa shape index (κ1) is 11.9. The van der Waals surface area contributed by atoms with Crippen LogP contribution in [0.5, 0.6) is 0 Å². The molecule has 0 radical (unpaired) electrons. The standard InChI is InChI=1S/C15H14FN3/c1-10(17)11-5-4-6-12(16)15(11)19-9-18-13-7-2-3-8-14(13)19/h2-10H,17H2,1H3. The van der Waals surface area contributed by atoms with Crippen LogP contribution in [-0.4, -0.2) is 9.55 Å². The number of aromatic nitrogens is 2. The van der Waals surface area contributed by atoms with Gasteiger partial charge in [0.05, 0.1) is 16.7 Å². The second kappa shape index (κ2) is 4.48. The summed E-state index contributed by atoms with van der Waals surface area (Å²) in [6.45, 7) is 1.84. The number of nitrogens with two attached hydrogens (primary N) is 1. The average Bonchev–Trinajstić information content (AvgIpc) is 2.82. The van der Waals surface area contributed by atoms with Crippen LogP contribution in [0.2, 0.25) is 0 Å². The molecule has 2 N–H and O–H groups in total. The number of halogens is 1. The molecule has 19 heavy (non-hydrogen) atoms. The molecule has 1 aromatic heterocycles. The maximum Gasteiger partial charge on any atom is 0.147 e. The molecule has 1 unspecified atom stereocenters. The summed E-state index contributed by atoms with van der Waals surface area (Å²) in [6.07, 6.45) is 1.63. The summed E-state index contributed by atoms with van der Waals surface area (Å²) in [7, 11) is 0. The predicted octanol–water partition coefficient (Wildman–Crippen LogP) is 3.18. The number of hydrogen-bond donors (Lipinski definition) is 1. The molecule has 1 atom stereocenters. The second-order valence-corrected chi connectivity index (χ2v) is 4.57. The van der Waals surface area contributed by atoms with Crippen LogP contribution >= 0.6 is 0 Å². The molecule has 0 saturated heterocycles. The van der Waals surface area contributed by atoms with Crippen molar-refractivity contribution in [2.24, 2.45) is 5.73 Å². The van der Waals surface area contributed by atoms with Crippen molar-refractivity contribution < 1.29 is 4.39 Å². The van der Waals surface area contributed by atoms with E-state index in [0.29, 0.717) is 5.69 Å². The van der Waals surface area contributed by atoms with E-state index in [1.165, 1.54) is 6.07 Å². The van der Waals surface area contributed by atoms with Crippen molar-refractivity contribution in [3.8, 4) is 5.69 Å². The van der Waals surface area contributed by atoms with Crippen molar-refractivity contribution in [3.63, 3.8) is 0 Å². The zero-order valence-corrected chi connectivity index (χ0v) is 10.5. The number of nitrogens with zero attached hydrogens (tertiary/aromatic N) is 2. The Morgan fingerprint density at radius 3 is 2.74 bits per heavy atom. The summed E-state index contributed by atoms with van der Waals surface area (Å²) in [5.74, 6) is -0.294. The lowest BCUT2D eigenvalue weighted by Gasteiger charge is -2.14. The Balaban J connectivity index is 2.33. The third kappa shape index (κ3) is 1.90. The summed E-state index contributed by atoms with van der Waals surface area (Å²) in [5, 5.41) is 0. The number of rotatable bonds is 2. The predicted molar refractivity (Wildman–Crippen MR) is 73.6 cm³/mol. The van der Waals surface area contributed by atoms with Gasteiger partial charge in [-0.15, -0.1) is 0 Å². The van der Waals surface area contributed by atoms with Gasteiger partial charge in [0.2, 0.25) is 0 Å². The van der Waals surface area contributed by atoms with E-state index >= 15 is 0 Å². The second-order valence-electron chi connectivity index (χ2n) is 4.57. The van der Waals surface area contributed by atoms with E-state index in [-0.39, 0.29) is 11.9 Å². The molecule has 2 aromatic carbocycles. The molecule has 3 aromatic rings. The molecule has 0 spiro atoms. The fourth-order valence-electron chi connectivity index (χ4n) is 2.29. The van der Waals surface area contributed by atoms with Crippen molar-refractivity contribution in [1.29, 1.82) is 0 Å². The van der Waals surface area contributed by atoms with Gasteiger partial charge in [0.15, 0.2) is 0 Å². The largest absolute Gasteiger partial charge is 0.324 e. The Hall–Kier alpha value is -2.20. The molecule has 0 aliphatic heterocycles. The van der Waals surface area contributed by atoms with Crippen LogP contribution in [0.3, 0.4) is 0 Å². The first-order valence-corrected chi connectivity index (χ1v) is 6.15. The van der Waals surface area contributed by atoms with Gasteiger partial charge in [-0.3, -0.25) is 4.57 Å². The third-order valence-corrected chi connectivity index (χ3v) is 3.20. The van der Waals surface area contributed by atoms with Crippen LogP contribution in [0.25, 0.3) is 16.7 Å². The summed E-state index contributed by atoms with van der Waals surface area (Å²) in [5.41, 5.74) is 8.88. The molecule has 0 bridgehead atoms. The zero-order chi connectivity index (χ0) is 13.4. The SMILES string of the molecule is CC(N)c1cccc(F)c1-n1cnc2ccccc21. The first-order valence-electron chi connectivity index (χ1n) is 6.15. The van der Waals surface area contributed by atoms with Crippen LogP contribution in [0.4, 0.5) is 4.39 Å². The zero-order valence-electron chi connectivity index (χ0n) is 10.5. The number of para-hydroxylation sites is 3. The highest BCUT2D eigenvalue weighted by molar-refractivity contribution is 5.77. The van der Waals surface area contributed by atoms with Crippen molar-refractivity contribution >= 4 is 11.0 Å². The molecule has 0 fully saturated rings. The third-order valence-electron chi connectivity index (χ3n) is 3.20. The highest BCUT2D eigenvalue weighted by atomic mass is 19.1. The highest BCUT2D eigenvalue weighted by Crippen LogP contribution is 2.26. The van der Waals surface area contributed by atoms with E-state index in [2.05, 4.69) is 4.98 Å². The summed E-state index contributed by atoms with van der Waals surface area (Å²) >= 11 is 0. The van der Waals surface area contributed by atoms with Gasteiger partial charge in [-0.05, 0) is 30.7 Å². The van der Waals surface area contributed by atoms with Crippen molar-refractivity contribution in [3.05, 3.63) is 60.2 Å². The maximum absolute atomic E-state index is 14.2. The molecule has 0 saturated carbocycles. The average molecular weight is 255 g/mol.